The van der Waals surface area contributed by atoms with Crippen LogP contribution in [-0.2, 0) is 9.59 Å². The maximum Gasteiger partial charge on any atom is 0.255 e. The van der Waals surface area contributed by atoms with Gasteiger partial charge in [-0.15, -0.1) is 0 Å². The minimum Gasteiger partial charge on any atom is -0.392 e. The first kappa shape index (κ1) is 30.3. The van der Waals surface area contributed by atoms with Crippen molar-refractivity contribution in [2.24, 2.45) is 11.8 Å². The van der Waals surface area contributed by atoms with Gasteiger partial charge in [0.15, 0.2) is 0 Å². The zero-order valence-corrected chi connectivity index (χ0v) is 23.2. The highest BCUT2D eigenvalue weighted by molar-refractivity contribution is 6.04. The lowest BCUT2D eigenvalue weighted by atomic mass is 9.88. The van der Waals surface area contributed by atoms with E-state index in [0.717, 1.165) is 44.9 Å². The number of ketones is 1. The van der Waals surface area contributed by atoms with Crippen LogP contribution in [0.5, 0.6) is 0 Å². The van der Waals surface area contributed by atoms with Gasteiger partial charge in [0.2, 0.25) is 5.91 Å². The average molecular weight is 533 g/mol. The molecule has 0 spiro atoms. The second-order valence-electron chi connectivity index (χ2n) is 10.6. The van der Waals surface area contributed by atoms with E-state index in [0.29, 0.717) is 23.4 Å². The van der Waals surface area contributed by atoms with E-state index in [4.69, 9.17) is 0 Å². The van der Waals surface area contributed by atoms with Crippen molar-refractivity contribution >= 4 is 29.0 Å². The van der Waals surface area contributed by atoms with Crippen molar-refractivity contribution in [2.75, 3.05) is 10.6 Å². The third kappa shape index (κ3) is 10.4. The number of anilines is 2. The Kier molecular flexibility index (Phi) is 12.9. The summed E-state index contributed by atoms with van der Waals surface area (Å²) in [6, 6.07) is 16.1. The molecule has 2 aromatic carbocycles. The predicted molar refractivity (Wildman–Crippen MR) is 158 cm³/mol. The number of nitrogens with one attached hydrogen (secondary N) is 2. The van der Waals surface area contributed by atoms with Crippen LogP contribution in [-0.4, -0.2) is 28.8 Å². The summed E-state index contributed by atoms with van der Waals surface area (Å²) in [7, 11) is 0. The number of rotatable bonds is 16. The largest absolute Gasteiger partial charge is 0.392 e. The van der Waals surface area contributed by atoms with Crippen molar-refractivity contribution in [1.29, 1.82) is 0 Å². The van der Waals surface area contributed by atoms with Gasteiger partial charge in [-0.2, -0.15) is 0 Å². The quantitative estimate of drug-likeness (QED) is 0.156. The maximum atomic E-state index is 12.4. The van der Waals surface area contributed by atoms with Crippen molar-refractivity contribution in [2.45, 2.75) is 90.1 Å². The first-order valence-electron chi connectivity index (χ1n) is 14.6. The molecule has 210 valence electrons. The Hall–Kier alpha value is -3.25. The van der Waals surface area contributed by atoms with Gasteiger partial charge in [0.05, 0.1) is 6.10 Å². The smallest absolute Gasteiger partial charge is 0.255 e. The molecule has 3 N–H and O–H groups in total. The number of hydrogen-bond donors (Lipinski definition) is 3. The van der Waals surface area contributed by atoms with Crippen LogP contribution in [0.1, 0.15) is 94.3 Å². The summed E-state index contributed by atoms with van der Waals surface area (Å²) in [4.78, 5) is 37.0. The minimum atomic E-state index is -0.549. The number of hydrogen-bond acceptors (Lipinski definition) is 4. The van der Waals surface area contributed by atoms with Crippen LogP contribution in [0.2, 0.25) is 0 Å². The van der Waals surface area contributed by atoms with Gasteiger partial charge in [-0.1, -0.05) is 75.8 Å². The summed E-state index contributed by atoms with van der Waals surface area (Å²) in [5.74, 6) is -0.142. The van der Waals surface area contributed by atoms with Crippen LogP contribution < -0.4 is 10.6 Å². The highest BCUT2D eigenvalue weighted by atomic mass is 16.3. The molecule has 1 aliphatic carbocycles. The summed E-state index contributed by atoms with van der Waals surface area (Å²) >= 11 is 0. The van der Waals surface area contributed by atoms with Crippen LogP contribution in [0, 0.1) is 11.8 Å². The number of allylic oxidation sites excluding steroid dienone is 1. The molecule has 1 aliphatic rings. The SMILES string of the molecule is CCCCCC/C=C/[C@H]1[C@H](O)CC(=O)[C@@H]1CCCCCCC(=O)Nc1ccc(NC(=O)c2ccccc2)cc1. The topological polar surface area (TPSA) is 95.5 Å². The van der Waals surface area contributed by atoms with E-state index in [1.807, 2.05) is 18.2 Å². The molecule has 2 aromatic rings. The monoisotopic (exact) mass is 532 g/mol. The van der Waals surface area contributed by atoms with Crippen molar-refractivity contribution in [3.8, 4) is 0 Å². The molecule has 6 heteroatoms. The summed E-state index contributed by atoms with van der Waals surface area (Å²) < 4.78 is 0. The molecule has 0 heterocycles. The van der Waals surface area contributed by atoms with Gasteiger partial charge in [-0.3, -0.25) is 14.4 Å². The van der Waals surface area contributed by atoms with E-state index < -0.39 is 6.10 Å². The third-order valence-electron chi connectivity index (χ3n) is 7.45. The van der Waals surface area contributed by atoms with Crippen LogP contribution in [0.4, 0.5) is 11.4 Å². The van der Waals surface area contributed by atoms with E-state index in [9.17, 15) is 19.5 Å². The average Bonchev–Trinajstić information content (AvgIpc) is 3.21. The van der Waals surface area contributed by atoms with Gasteiger partial charge in [-0.25, -0.2) is 0 Å². The fraction of sp³-hybridized carbons (Fsp3) is 0.485. The molecule has 6 nitrogen and oxygen atoms in total. The number of aliphatic hydroxyl groups is 1. The Labute approximate surface area is 233 Å². The number of amides is 2. The molecule has 0 unspecified atom stereocenters. The summed E-state index contributed by atoms with van der Waals surface area (Å²) in [6.45, 7) is 2.20. The molecule has 3 atom stereocenters. The number of carbonyl (C=O) groups is 3. The zero-order valence-electron chi connectivity index (χ0n) is 23.2. The molecule has 0 saturated heterocycles. The minimum absolute atomic E-state index is 0.0331. The van der Waals surface area contributed by atoms with E-state index in [-0.39, 0.29) is 35.9 Å². The Morgan fingerprint density at radius 1 is 0.872 bits per heavy atom. The molecule has 1 saturated carbocycles. The zero-order chi connectivity index (χ0) is 27.9. The number of unbranched alkanes of at least 4 members (excludes halogenated alkanes) is 7. The van der Waals surface area contributed by atoms with Crippen molar-refractivity contribution in [3.63, 3.8) is 0 Å². The van der Waals surface area contributed by atoms with Crippen molar-refractivity contribution in [1.82, 2.24) is 0 Å². The van der Waals surface area contributed by atoms with Gasteiger partial charge >= 0.3 is 0 Å². The van der Waals surface area contributed by atoms with Crippen LogP contribution in [0.15, 0.2) is 66.7 Å². The molecule has 2 amide bonds. The molecule has 0 bridgehead atoms. The maximum absolute atomic E-state index is 12.4. The number of benzene rings is 2. The number of aliphatic hydroxyl groups excluding tert-OH is 1. The summed E-state index contributed by atoms with van der Waals surface area (Å²) in [5, 5.41) is 16.1. The number of carbonyl (C=O) groups excluding carboxylic acids is 3. The second-order valence-corrected chi connectivity index (χ2v) is 10.6. The highest BCUT2D eigenvalue weighted by Crippen LogP contribution is 2.34. The molecule has 1 fully saturated rings. The normalized spacial score (nSPS) is 18.9. The van der Waals surface area contributed by atoms with Gasteiger partial charge in [0.1, 0.15) is 5.78 Å². The molecule has 0 aromatic heterocycles. The van der Waals surface area contributed by atoms with Gasteiger partial charge in [0, 0.05) is 41.6 Å². The fourth-order valence-electron chi connectivity index (χ4n) is 5.19. The number of Topliss-reactive ketones (excluding diaryl/α,β-unsaturated/α-hetero) is 1. The van der Waals surface area contributed by atoms with E-state index in [1.54, 1.807) is 36.4 Å². The van der Waals surface area contributed by atoms with Crippen molar-refractivity contribution in [3.05, 3.63) is 72.3 Å². The van der Waals surface area contributed by atoms with Gasteiger partial charge in [-0.05, 0) is 62.1 Å². The Morgan fingerprint density at radius 3 is 2.26 bits per heavy atom. The molecular formula is C33H44N2O4. The predicted octanol–water partition coefficient (Wildman–Crippen LogP) is 7.31. The lowest BCUT2D eigenvalue weighted by Gasteiger charge is -2.17. The van der Waals surface area contributed by atoms with Gasteiger partial charge < -0.3 is 15.7 Å². The van der Waals surface area contributed by atoms with Gasteiger partial charge in [0.25, 0.3) is 5.91 Å². The second kappa shape index (κ2) is 16.7. The van der Waals surface area contributed by atoms with Crippen LogP contribution in [0.3, 0.4) is 0 Å². The Balaban J connectivity index is 1.30. The molecule has 39 heavy (non-hydrogen) atoms. The van der Waals surface area contributed by atoms with E-state index in [1.165, 1.54) is 19.3 Å². The summed E-state index contributed by atoms with van der Waals surface area (Å²) in [6.07, 6.45) is 14.7. The van der Waals surface area contributed by atoms with Crippen LogP contribution >= 0.6 is 0 Å². The lowest BCUT2D eigenvalue weighted by molar-refractivity contribution is -0.121. The molecule has 0 radical (unpaired) electrons. The standard InChI is InChI=1S/C33H44N2O4/c1-2-3-4-5-6-12-17-28-29(31(37)24-30(28)36)18-13-7-8-14-19-32(38)34-26-20-22-27(23-21-26)35-33(39)25-15-10-9-11-16-25/h9-12,15-17,20-23,28-30,36H,2-8,13-14,18-19,24H2,1H3,(H,34,38)(H,35,39)/b17-12+/t28-,29-,30-/m1/s1. The lowest BCUT2D eigenvalue weighted by Crippen LogP contribution is -2.18. The molecule has 3 rings (SSSR count). The summed E-state index contributed by atoms with van der Waals surface area (Å²) in [5.41, 5.74) is 1.95. The Bertz CT molecular complexity index is 1060. The molecular weight excluding hydrogens is 488 g/mol. The highest BCUT2D eigenvalue weighted by Gasteiger charge is 2.39. The fourth-order valence-corrected chi connectivity index (χ4v) is 5.19. The Morgan fingerprint density at radius 2 is 1.54 bits per heavy atom. The molecule has 0 aliphatic heterocycles. The van der Waals surface area contributed by atoms with Crippen LogP contribution in [0.25, 0.3) is 0 Å². The third-order valence-corrected chi connectivity index (χ3v) is 7.45. The first-order chi connectivity index (χ1) is 19.0. The van der Waals surface area contributed by atoms with Crippen molar-refractivity contribution < 1.29 is 19.5 Å². The van der Waals surface area contributed by atoms with E-state index >= 15 is 0 Å². The first-order valence-corrected chi connectivity index (χ1v) is 14.6. The van der Waals surface area contributed by atoms with E-state index in [2.05, 4.69) is 29.7 Å².